The first-order valence-electron chi connectivity index (χ1n) is 8.62. The number of ether oxygens (including phenoxy) is 2. The van der Waals surface area contributed by atoms with E-state index in [4.69, 9.17) is 21.1 Å². The number of carbonyl (C=O) groups is 1. The van der Waals surface area contributed by atoms with Crippen molar-refractivity contribution in [2.45, 2.75) is 6.61 Å². The smallest absolute Gasteiger partial charge is 0.336 e. The highest BCUT2D eigenvalue weighted by molar-refractivity contribution is 6.30. The fourth-order valence-corrected chi connectivity index (χ4v) is 2.74. The van der Waals surface area contributed by atoms with Crippen LogP contribution in [0.25, 0.3) is 11.6 Å². The van der Waals surface area contributed by atoms with Gasteiger partial charge in [-0.15, -0.1) is 0 Å². The van der Waals surface area contributed by atoms with Crippen molar-refractivity contribution in [1.82, 2.24) is 0 Å². The number of carboxylic acid groups (broad SMARTS) is 1. The second kappa shape index (κ2) is 9.11. The van der Waals surface area contributed by atoms with Gasteiger partial charge in [-0.25, -0.2) is 4.79 Å². The summed E-state index contributed by atoms with van der Waals surface area (Å²) in [5.41, 5.74) is 2.60. The van der Waals surface area contributed by atoms with Crippen LogP contribution in [0.4, 0.5) is 0 Å². The van der Waals surface area contributed by atoms with E-state index in [1.807, 2.05) is 48.5 Å². The molecule has 0 aliphatic heterocycles. The number of carboxylic acids is 1. The minimum Gasteiger partial charge on any atom is -0.497 e. The molecule has 0 radical (unpaired) electrons. The number of hydrogen-bond acceptors (Lipinski definition) is 3. The zero-order valence-corrected chi connectivity index (χ0v) is 16.0. The molecule has 0 atom stereocenters. The molecule has 0 spiro atoms. The monoisotopic (exact) mass is 394 g/mol. The largest absolute Gasteiger partial charge is 0.497 e. The Balaban J connectivity index is 1.72. The molecule has 142 valence electrons. The van der Waals surface area contributed by atoms with Gasteiger partial charge in [0.15, 0.2) is 0 Å². The van der Waals surface area contributed by atoms with Crippen LogP contribution < -0.4 is 9.47 Å². The standard InChI is InChI=1S/C23H19ClO4/c1-27-20-12-6-18(7-13-20)22(23(25)26)14-16-4-10-21(11-5-16)28-15-17-2-8-19(24)9-3-17/h2-14H,15H2,1H3,(H,25,26)/b22-14-. The minimum atomic E-state index is -0.992. The molecule has 3 rings (SSSR count). The van der Waals surface area contributed by atoms with E-state index >= 15 is 0 Å². The molecule has 0 amide bonds. The normalized spacial score (nSPS) is 11.1. The van der Waals surface area contributed by atoms with Crippen molar-refractivity contribution >= 4 is 29.2 Å². The Morgan fingerprint density at radius 1 is 0.929 bits per heavy atom. The van der Waals surface area contributed by atoms with E-state index in [9.17, 15) is 9.90 Å². The summed E-state index contributed by atoms with van der Waals surface area (Å²) in [5.74, 6) is 0.386. The summed E-state index contributed by atoms with van der Waals surface area (Å²) in [5, 5.41) is 10.3. The fourth-order valence-electron chi connectivity index (χ4n) is 2.61. The molecule has 0 unspecified atom stereocenters. The van der Waals surface area contributed by atoms with E-state index in [1.165, 1.54) is 0 Å². The van der Waals surface area contributed by atoms with Crippen molar-refractivity contribution < 1.29 is 19.4 Å². The quantitative estimate of drug-likeness (QED) is 0.421. The lowest BCUT2D eigenvalue weighted by Gasteiger charge is -2.08. The van der Waals surface area contributed by atoms with Crippen LogP contribution in [0.1, 0.15) is 16.7 Å². The summed E-state index contributed by atoms with van der Waals surface area (Å²) < 4.78 is 10.9. The molecular weight excluding hydrogens is 376 g/mol. The van der Waals surface area contributed by atoms with Crippen LogP contribution in [-0.2, 0) is 11.4 Å². The second-order valence-electron chi connectivity index (χ2n) is 6.08. The fraction of sp³-hybridized carbons (Fsp3) is 0.0870. The van der Waals surface area contributed by atoms with E-state index in [2.05, 4.69) is 0 Å². The van der Waals surface area contributed by atoms with Gasteiger partial charge in [-0.1, -0.05) is 48.0 Å². The molecule has 0 bridgehead atoms. The Bertz CT molecular complexity index is 959. The van der Waals surface area contributed by atoms with Gasteiger partial charge < -0.3 is 14.6 Å². The molecule has 28 heavy (non-hydrogen) atoms. The minimum absolute atomic E-state index is 0.206. The molecule has 0 aromatic heterocycles. The lowest BCUT2D eigenvalue weighted by molar-refractivity contribution is -0.130. The molecule has 0 fully saturated rings. The van der Waals surface area contributed by atoms with Gasteiger partial charge in [-0.2, -0.15) is 0 Å². The molecule has 0 saturated heterocycles. The maximum Gasteiger partial charge on any atom is 0.336 e. The summed E-state index contributed by atoms with van der Waals surface area (Å²) in [6.45, 7) is 0.429. The number of rotatable bonds is 7. The first-order chi connectivity index (χ1) is 13.5. The average Bonchev–Trinajstić information content (AvgIpc) is 2.72. The van der Waals surface area contributed by atoms with Crippen molar-refractivity contribution in [2.75, 3.05) is 7.11 Å². The highest BCUT2D eigenvalue weighted by Crippen LogP contribution is 2.23. The number of methoxy groups -OCH3 is 1. The maximum absolute atomic E-state index is 11.7. The topological polar surface area (TPSA) is 55.8 Å². The Hall–Kier alpha value is -3.24. The lowest BCUT2D eigenvalue weighted by Crippen LogP contribution is -2.00. The number of hydrogen-bond donors (Lipinski definition) is 1. The van der Waals surface area contributed by atoms with Gasteiger partial charge >= 0.3 is 5.97 Å². The summed E-state index contributed by atoms with van der Waals surface area (Å²) in [4.78, 5) is 11.7. The maximum atomic E-state index is 11.7. The molecule has 0 saturated carbocycles. The van der Waals surface area contributed by atoms with Gasteiger partial charge in [-0.3, -0.25) is 0 Å². The van der Waals surface area contributed by atoms with Crippen LogP contribution in [0, 0.1) is 0 Å². The average molecular weight is 395 g/mol. The predicted octanol–water partition coefficient (Wildman–Crippen LogP) is 5.55. The van der Waals surface area contributed by atoms with E-state index in [-0.39, 0.29) is 5.57 Å². The highest BCUT2D eigenvalue weighted by atomic mass is 35.5. The first kappa shape index (κ1) is 19.5. The molecule has 0 heterocycles. The first-order valence-corrected chi connectivity index (χ1v) is 8.99. The van der Waals surface area contributed by atoms with E-state index in [0.29, 0.717) is 28.7 Å². The van der Waals surface area contributed by atoms with E-state index < -0.39 is 5.97 Å². The third-order valence-electron chi connectivity index (χ3n) is 4.14. The van der Waals surface area contributed by atoms with Gasteiger partial charge in [-0.05, 0) is 59.2 Å². The van der Waals surface area contributed by atoms with Gasteiger partial charge in [0.25, 0.3) is 0 Å². The van der Waals surface area contributed by atoms with Crippen molar-refractivity contribution in [3.63, 3.8) is 0 Å². The van der Waals surface area contributed by atoms with Gasteiger partial charge in [0.1, 0.15) is 18.1 Å². The summed E-state index contributed by atoms with van der Waals surface area (Å²) in [7, 11) is 1.57. The van der Waals surface area contributed by atoms with Crippen molar-refractivity contribution in [3.8, 4) is 11.5 Å². The van der Waals surface area contributed by atoms with Crippen LogP contribution in [0.3, 0.4) is 0 Å². The number of halogens is 1. The van der Waals surface area contributed by atoms with Gasteiger partial charge in [0.05, 0.1) is 12.7 Å². The molecule has 0 aliphatic carbocycles. The summed E-state index contributed by atoms with van der Waals surface area (Å²) in [6.07, 6.45) is 1.63. The molecule has 0 aliphatic rings. The molecule has 5 heteroatoms. The Morgan fingerprint density at radius 2 is 1.54 bits per heavy atom. The second-order valence-corrected chi connectivity index (χ2v) is 6.51. The highest BCUT2D eigenvalue weighted by Gasteiger charge is 2.10. The molecule has 3 aromatic carbocycles. The van der Waals surface area contributed by atoms with Crippen LogP contribution in [0.2, 0.25) is 5.02 Å². The third-order valence-corrected chi connectivity index (χ3v) is 4.39. The molecule has 3 aromatic rings. The van der Waals surface area contributed by atoms with Crippen LogP contribution in [0.15, 0.2) is 72.8 Å². The van der Waals surface area contributed by atoms with Gasteiger partial charge in [0, 0.05) is 5.02 Å². The molecular formula is C23H19ClO4. The van der Waals surface area contributed by atoms with E-state index in [1.54, 1.807) is 37.5 Å². The van der Waals surface area contributed by atoms with Crippen molar-refractivity contribution in [3.05, 3.63) is 94.5 Å². The van der Waals surface area contributed by atoms with Crippen LogP contribution in [-0.4, -0.2) is 18.2 Å². The SMILES string of the molecule is COc1ccc(/C(=C/c2ccc(OCc3ccc(Cl)cc3)cc2)C(=O)O)cc1. The predicted molar refractivity (Wildman–Crippen MR) is 111 cm³/mol. The molecule has 4 nitrogen and oxygen atoms in total. The Morgan fingerprint density at radius 3 is 2.11 bits per heavy atom. The van der Waals surface area contributed by atoms with Gasteiger partial charge in [0.2, 0.25) is 0 Å². The number of aliphatic carboxylic acids is 1. The summed E-state index contributed by atoms with van der Waals surface area (Å²) in [6, 6.07) is 21.7. The van der Waals surface area contributed by atoms with E-state index in [0.717, 1.165) is 11.1 Å². The lowest BCUT2D eigenvalue weighted by atomic mass is 10.0. The van der Waals surface area contributed by atoms with Crippen molar-refractivity contribution in [1.29, 1.82) is 0 Å². The van der Waals surface area contributed by atoms with Crippen molar-refractivity contribution in [2.24, 2.45) is 0 Å². The zero-order chi connectivity index (χ0) is 19.9. The zero-order valence-electron chi connectivity index (χ0n) is 15.3. The van der Waals surface area contributed by atoms with Crippen LogP contribution >= 0.6 is 11.6 Å². The molecule has 1 N–H and O–H groups in total. The summed E-state index contributed by atoms with van der Waals surface area (Å²) >= 11 is 5.88. The Labute approximate surface area is 168 Å². The number of benzene rings is 3. The Kier molecular flexibility index (Phi) is 6.35. The third kappa shape index (κ3) is 5.15. The van der Waals surface area contributed by atoms with Crippen LogP contribution in [0.5, 0.6) is 11.5 Å².